The fourth-order valence-corrected chi connectivity index (χ4v) is 2.08. The lowest BCUT2D eigenvalue weighted by Crippen LogP contribution is -2.16. The van der Waals surface area contributed by atoms with Crippen LogP contribution in [0.3, 0.4) is 0 Å². The highest BCUT2D eigenvalue weighted by atomic mass is 16.2. The molecule has 2 rings (SSSR count). The van der Waals surface area contributed by atoms with Crippen molar-refractivity contribution in [1.82, 2.24) is 9.97 Å². The molecule has 22 heavy (non-hydrogen) atoms. The molecule has 5 heteroatoms. The van der Waals surface area contributed by atoms with Crippen LogP contribution in [0.5, 0.6) is 0 Å². The molecule has 2 aromatic rings. The zero-order chi connectivity index (χ0) is 16.1. The van der Waals surface area contributed by atoms with Gasteiger partial charge in [0.05, 0.1) is 0 Å². The molecular weight excluding hydrogens is 278 g/mol. The van der Waals surface area contributed by atoms with Crippen LogP contribution in [0.15, 0.2) is 30.3 Å². The number of aromatic nitrogens is 2. The van der Waals surface area contributed by atoms with E-state index < -0.39 is 0 Å². The summed E-state index contributed by atoms with van der Waals surface area (Å²) in [5.74, 6) is -0.0211. The van der Waals surface area contributed by atoms with Gasteiger partial charge in [-0.15, -0.1) is 0 Å². The van der Waals surface area contributed by atoms with Gasteiger partial charge < -0.3 is 0 Å². The van der Waals surface area contributed by atoms with E-state index in [0.29, 0.717) is 5.56 Å². The molecule has 0 radical (unpaired) electrons. The second-order valence-corrected chi connectivity index (χ2v) is 5.31. The van der Waals surface area contributed by atoms with Crippen LogP contribution in [0, 0.1) is 20.8 Å². The zero-order valence-electron chi connectivity index (χ0n) is 13.0. The maximum Gasteiger partial charge on any atom is 0.229 e. The van der Waals surface area contributed by atoms with E-state index in [0.717, 1.165) is 17.0 Å². The van der Waals surface area contributed by atoms with E-state index in [1.165, 1.54) is 0 Å². The number of carbonyl (C=O) groups excluding carboxylic acids is 2. The Bertz CT molecular complexity index is 673. The molecule has 0 aliphatic heterocycles. The second kappa shape index (κ2) is 6.93. The number of carbonyl (C=O) groups is 2. The van der Waals surface area contributed by atoms with E-state index >= 15 is 0 Å². The Morgan fingerprint density at radius 3 is 2.14 bits per heavy atom. The number of aryl methyl sites for hydroxylation is 3. The number of nitrogens with one attached hydrogen (secondary N) is 1. The summed E-state index contributed by atoms with van der Waals surface area (Å²) in [6, 6.07) is 9.16. The maximum atomic E-state index is 12.0. The highest BCUT2D eigenvalue weighted by Gasteiger charge is 2.10. The normalized spacial score (nSPS) is 10.3. The third-order valence-corrected chi connectivity index (χ3v) is 3.19. The van der Waals surface area contributed by atoms with Gasteiger partial charge in [0.2, 0.25) is 11.9 Å². The van der Waals surface area contributed by atoms with Crippen molar-refractivity contribution in [3.05, 3.63) is 52.8 Å². The van der Waals surface area contributed by atoms with E-state index in [9.17, 15) is 9.59 Å². The van der Waals surface area contributed by atoms with Gasteiger partial charge in [-0.25, -0.2) is 9.97 Å². The number of rotatable bonds is 5. The fraction of sp³-hybridized carbons (Fsp3) is 0.294. The Labute approximate surface area is 129 Å². The third kappa shape index (κ3) is 4.48. The Morgan fingerprint density at radius 2 is 1.55 bits per heavy atom. The van der Waals surface area contributed by atoms with Crippen LogP contribution in [0.1, 0.15) is 40.2 Å². The van der Waals surface area contributed by atoms with Crippen molar-refractivity contribution >= 4 is 17.6 Å². The van der Waals surface area contributed by atoms with E-state index in [-0.39, 0.29) is 30.5 Å². The van der Waals surface area contributed by atoms with E-state index in [1.807, 2.05) is 39.0 Å². The molecule has 114 valence electrons. The van der Waals surface area contributed by atoms with Crippen molar-refractivity contribution in [1.29, 1.82) is 0 Å². The molecule has 0 unspecified atom stereocenters. The average Bonchev–Trinajstić information content (AvgIpc) is 2.44. The first-order valence-corrected chi connectivity index (χ1v) is 7.16. The van der Waals surface area contributed by atoms with Gasteiger partial charge in [0.15, 0.2) is 5.78 Å². The van der Waals surface area contributed by atoms with Crippen molar-refractivity contribution in [2.75, 3.05) is 5.32 Å². The molecular formula is C17H19N3O2. The predicted molar refractivity (Wildman–Crippen MR) is 84.9 cm³/mol. The van der Waals surface area contributed by atoms with Gasteiger partial charge in [-0.3, -0.25) is 14.9 Å². The van der Waals surface area contributed by atoms with Gasteiger partial charge in [0, 0.05) is 29.8 Å². The number of anilines is 1. The lowest BCUT2D eigenvalue weighted by atomic mass is 10.1. The summed E-state index contributed by atoms with van der Waals surface area (Å²) < 4.78 is 0. The van der Waals surface area contributed by atoms with E-state index in [4.69, 9.17) is 0 Å². The van der Waals surface area contributed by atoms with Crippen LogP contribution in [0.25, 0.3) is 0 Å². The molecule has 0 saturated carbocycles. The first kappa shape index (κ1) is 15.8. The Morgan fingerprint density at radius 1 is 0.955 bits per heavy atom. The summed E-state index contributed by atoms with van der Waals surface area (Å²) in [5, 5.41) is 2.63. The minimum absolute atomic E-state index is 0.0449. The largest absolute Gasteiger partial charge is 0.295 e. The van der Waals surface area contributed by atoms with Crippen LogP contribution in [-0.2, 0) is 4.79 Å². The summed E-state index contributed by atoms with van der Waals surface area (Å²) in [6.07, 6.45) is 0.281. The number of hydrogen-bond donors (Lipinski definition) is 1. The molecule has 5 nitrogen and oxygen atoms in total. The number of nitrogens with zero attached hydrogens (tertiary/aromatic N) is 2. The average molecular weight is 297 g/mol. The highest BCUT2D eigenvalue weighted by Crippen LogP contribution is 2.09. The molecule has 1 amide bonds. The third-order valence-electron chi connectivity index (χ3n) is 3.19. The Hall–Kier alpha value is -2.56. The second-order valence-electron chi connectivity index (χ2n) is 5.31. The summed E-state index contributed by atoms with van der Waals surface area (Å²) in [6.45, 7) is 5.64. The molecule has 0 saturated heterocycles. The first-order chi connectivity index (χ1) is 10.4. The molecule has 0 spiro atoms. The molecule has 0 bridgehead atoms. The molecule has 1 N–H and O–H groups in total. The summed E-state index contributed by atoms with van der Waals surface area (Å²) in [4.78, 5) is 32.2. The van der Waals surface area contributed by atoms with Crippen LogP contribution in [0.2, 0.25) is 0 Å². The molecule has 0 aliphatic carbocycles. The standard InChI is InChI=1S/C17H19N3O2/c1-11-4-6-14(7-5-11)15(21)8-9-16(22)20-17-18-12(2)10-13(3)19-17/h4-7,10H,8-9H2,1-3H3,(H,18,19,20,22). The molecule has 0 atom stereocenters. The minimum atomic E-state index is -0.259. The molecule has 0 aliphatic rings. The molecule has 0 fully saturated rings. The van der Waals surface area contributed by atoms with Gasteiger partial charge >= 0.3 is 0 Å². The Kier molecular flexibility index (Phi) is 4.99. The van der Waals surface area contributed by atoms with Gasteiger partial charge in [0.1, 0.15) is 0 Å². The predicted octanol–water partition coefficient (Wildman–Crippen LogP) is 3.00. The summed E-state index contributed by atoms with van der Waals surface area (Å²) in [7, 11) is 0. The maximum absolute atomic E-state index is 12.0. The van der Waals surface area contributed by atoms with Crippen molar-refractivity contribution in [3.63, 3.8) is 0 Å². The van der Waals surface area contributed by atoms with E-state index in [1.54, 1.807) is 12.1 Å². The summed E-state index contributed by atoms with van der Waals surface area (Å²) in [5.41, 5.74) is 3.30. The quantitative estimate of drug-likeness (QED) is 0.861. The number of amides is 1. The van der Waals surface area contributed by atoms with Crippen molar-refractivity contribution in [2.24, 2.45) is 0 Å². The van der Waals surface area contributed by atoms with Crippen LogP contribution >= 0.6 is 0 Å². The smallest absolute Gasteiger partial charge is 0.229 e. The molecule has 1 aromatic heterocycles. The fourth-order valence-electron chi connectivity index (χ4n) is 2.08. The van der Waals surface area contributed by atoms with Crippen LogP contribution in [-0.4, -0.2) is 21.7 Å². The minimum Gasteiger partial charge on any atom is -0.295 e. The lowest BCUT2D eigenvalue weighted by Gasteiger charge is -2.05. The monoisotopic (exact) mass is 297 g/mol. The van der Waals surface area contributed by atoms with Gasteiger partial charge in [-0.1, -0.05) is 29.8 Å². The lowest BCUT2D eigenvalue weighted by molar-refractivity contribution is -0.116. The number of hydrogen-bond acceptors (Lipinski definition) is 4. The van der Waals surface area contributed by atoms with Crippen molar-refractivity contribution in [2.45, 2.75) is 33.6 Å². The zero-order valence-corrected chi connectivity index (χ0v) is 13.0. The topological polar surface area (TPSA) is 72.0 Å². The molecule has 1 heterocycles. The van der Waals surface area contributed by atoms with Gasteiger partial charge in [-0.05, 0) is 26.8 Å². The SMILES string of the molecule is Cc1ccc(C(=O)CCC(=O)Nc2nc(C)cc(C)n2)cc1. The van der Waals surface area contributed by atoms with Gasteiger partial charge in [0.25, 0.3) is 0 Å². The number of Topliss-reactive ketones (excluding diaryl/α,β-unsaturated/α-hetero) is 1. The number of benzene rings is 1. The first-order valence-electron chi connectivity index (χ1n) is 7.16. The van der Waals surface area contributed by atoms with Crippen molar-refractivity contribution < 1.29 is 9.59 Å². The van der Waals surface area contributed by atoms with Crippen LogP contribution in [0.4, 0.5) is 5.95 Å². The summed E-state index contributed by atoms with van der Waals surface area (Å²) >= 11 is 0. The number of ketones is 1. The van der Waals surface area contributed by atoms with Crippen LogP contribution < -0.4 is 5.32 Å². The van der Waals surface area contributed by atoms with Gasteiger partial charge in [-0.2, -0.15) is 0 Å². The van der Waals surface area contributed by atoms with E-state index in [2.05, 4.69) is 15.3 Å². The Balaban J connectivity index is 1.89. The van der Waals surface area contributed by atoms with Crippen molar-refractivity contribution in [3.8, 4) is 0 Å². The molecule has 1 aromatic carbocycles. The highest BCUT2D eigenvalue weighted by molar-refractivity contribution is 5.99.